The van der Waals surface area contributed by atoms with Gasteiger partial charge < -0.3 is 9.72 Å². The molecule has 1 aromatic heterocycles. The molecule has 1 N–H and O–H groups in total. The number of nitrogens with one attached hydrogen (secondary N) is 1. The lowest BCUT2D eigenvalue weighted by Gasteiger charge is -2.14. The minimum absolute atomic E-state index is 0.0648. The predicted molar refractivity (Wildman–Crippen MR) is 86.1 cm³/mol. The van der Waals surface area contributed by atoms with E-state index in [-0.39, 0.29) is 11.6 Å². The molecule has 0 aliphatic heterocycles. The maximum Gasteiger partial charge on any atom is 0.219 e. The smallest absolute Gasteiger partial charge is 0.219 e. The standard InChI is InChI=1S/C17H18ClNO3/c1-9-15(11(3)20)10(2)19-16(9)17(21)12(4)22-14-8-6-5-7-13(14)18/h5-8,12,19H,1-4H3/t12-/m0/s1. The van der Waals surface area contributed by atoms with Gasteiger partial charge in [0.1, 0.15) is 5.75 Å². The minimum Gasteiger partial charge on any atom is -0.481 e. The maximum absolute atomic E-state index is 12.6. The van der Waals surface area contributed by atoms with E-state index in [9.17, 15) is 9.59 Å². The number of Topliss-reactive ketones (excluding diaryl/α,β-unsaturated/α-hetero) is 2. The normalized spacial score (nSPS) is 12.0. The molecule has 1 aromatic carbocycles. The minimum atomic E-state index is -0.712. The highest BCUT2D eigenvalue weighted by Crippen LogP contribution is 2.26. The van der Waals surface area contributed by atoms with Gasteiger partial charge in [0.25, 0.3) is 0 Å². The number of halogens is 1. The molecule has 0 saturated heterocycles. The van der Waals surface area contributed by atoms with Crippen LogP contribution in [0.4, 0.5) is 0 Å². The van der Waals surface area contributed by atoms with Gasteiger partial charge in [-0.25, -0.2) is 0 Å². The fourth-order valence-corrected chi connectivity index (χ4v) is 2.69. The largest absolute Gasteiger partial charge is 0.481 e. The van der Waals surface area contributed by atoms with Crippen molar-refractivity contribution in [3.8, 4) is 5.75 Å². The van der Waals surface area contributed by atoms with Gasteiger partial charge in [0.05, 0.1) is 10.7 Å². The number of para-hydroxylation sites is 1. The molecule has 0 spiro atoms. The van der Waals surface area contributed by atoms with E-state index in [1.807, 2.05) is 0 Å². The summed E-state index contributed by atoms with van der Waals surface area (Å²) >= 11 is 6.03. The SMILES string of the molecule is CC(=O)c1c(C)[nH]c(C(=O)[C@H](C)Oc2ccccc2Cl)c1C. The average molecular weight is 320 g/mol. The number of aromatic nitrogens is 1. The van der Waals surface area contributed by atoms with E-state index in [0.29, 0.717) is 33.3 Å². The summed E-state index contributed by atoms with van der Waals surface area (Å²) < 4.78 is 5.64. The average Bonchev–Trinajstić information content (AvgIpc) is 2.75. The van der Waals surface area contributed by atoms with Crippen molar-refractivity contribution in [2.45, 2.75) is 33.8 Å². The summed E-state index contributed by atoms with van der Waals surface area (Å²) in [5.74, 6) is 0.177. The third kappa shape index (κ3) is 3.07. The van der Waals surface area contributed by atoms with Crippen LogP contribution in [0.1, 0.15) is 46.0 Å². The van der Waals surface area contributed by atoms with E-state index in [0.717, 1.165) is 0 Å². The molecule has 4 nitrogen and oxygen atoms in total. The Morgan fingerprint density at radius 3 is 2.41 bits per heavy atom. The highest BCUT2D eigenvalue weighted by atomic mass is 35.5. The van der Waals surface area contributed by atoms with Crippen LogP contribution in [-0.2, 0) is 0 Å². The maximum atomic E-state index is 12.6. The number of aryl methyl sites for hydroxylation is 1. The Hall–Kier alpha value is -2.07. The van der Waals surface area contributed by atoms with Gasteiger partial charge in [-0.15, -0.1) is 0 Å². The molecular weight excluding hydrogens is 302 g/mol. The van der Waals surface area contributed by atoms with Crippen LogP contribution in [0.3, 0.4) is 0 Å². The first-order valence-corrected chi connectivity index (χ1v) is 7.36. The predicted octanol–water partition coefficient (Wildman–Crippen LogP) is 4.14. The first-order chi connectivity index (χ1) is 10.3. The lowest BCUT2D eigenvalue weighted by molar-refractivity contribution is 0.0813. The second-order valence-electron chi connectivity index (χ2n) is 5.24. The van der Waals surface area contributed by atoms with Crippen molar-refractivity contribution in [2.75, 3.05) is 0 Å². The van der Waals surface area contributed by atoms with Crippen LogP contribution in [0.15, 0.2) is 24.3 Å². The monoisotopic (exact) mass is 319 g/mol. The quantitative estimate of drug-likeness (QED) is 0.843. The first kappa shape index (κ1) is 16.3. The van der Waals surface area contributed by atoms with Crippen LogP contribution in [-0.4, -0.2) is 22.7 Å². The Morgan fingerprint density at radius 1 is 1.23 bits per heavy atom. The zero-order valence-corrected chi connectivity index (χ0v) is 13.7. The van der Waals surface area contributed by atoms with Crippen LogP contribution >= 0.6 is 11.6 Å². The van der Waals surface area contributed by atoms with Crippen LogP contribution in [0.5, 0.6) is 5.75 Å². The van der Waals surface area contributed by atoms with Crippen LogP contribution < -0.4 is 4.74 Å². The number of rotatable bonds is 5. The third-order valence-electron chi connectivity index (χ3n) is 3.55. The zero-order chi connectivity index (χ0) is 16.4. The number of aromatic amines is 1. The summed E-state index contributed by atoms with van der Waals surface area (Å²) in [4.78, 5) is 27.2. The molecule has 0 aliphatic rings. The van der Waals surface area contributed by atoms with Crippen molar-refractivity contribution in [1.82, 2.24) is 4.98 Å². The van der Waals surface area contributed by atoms with E-state index in [4.69, 9.17) is 16.3 Å². The first-order valence-electron chi connectivity index (χ1n) is 6.98. The molecule has 1 heterocycles. The Kier molecular flexibility index (Phi) is 4.71. The van der Waals surface area contributed by atoms with E-state index >= 15 is 0 Å². The van der Waals surface area contributed by atoms with Gasteiger partial charge in [-0.1, -0.05) is 23.7 Å². The van der Waals surface area contributed by atoms with Crippen molar-refractivity contribution in [3.05, 3.63) is 51.8 Å². The Balaban J connectivity index is 2.27. The molecule has 0 aliphatic carbocycles. The Morgan fingerprint density at radius 2 is 1.86 bits per heavy atom. The molecule has 2 aromatic rings. The van der Waals surface area contributed by atoms with Gasteiger partial charge in [0.15, 0.2) is 11.9 Å². The molecule has 0 radical (unpaired) electrons. The highest BCUT2D eigenvalue weighted by molar-refractivity contribution is 6.32. The number of benzene rings is 1. The van der Waals surface area contributed by atoms with E-state index in [1.54, 1.807) is 45.0 Å². The van der Waals surface area contributed by atoms with Crippen molar-refractivity contribution in [3.63, 3.8) is 0 Å². The molecule has 116 valence electrons. The second-order valence-corrected chi connectivity index (χ2v) is 5.64. The number of carbonyl (C=O) groups is 2. The van der Waals surface area contributed by atoms with Gasteiger partial charge in [-0.05, 0) is 45.4 Å². The fourth-order valence-electron chi connectivity index (χ4n) is 2.51. The highest BCUT2D eigenvalue weighted by Gasteiger charge is 2.25. The Bertz CT molecular complexity index is 734. The van der Waals surface area contributed by atoms with Crippen LogP contribution in [0.25, 0.3) is 0 Å². The molecule has 22 heavy (non-hydrogen) atoms. The van der Waals surface area contributed by atoms with Gasteiger partial charge in [0, 0.05) is 11.3 Å². The molecule has 0 amide bonds. The van der Waals surface area contributed by atoms with Gasteiger partial charge in [0.2, 0.25) is 5.78 Å². The Labute approximate surface area is 134 Å². The number of hydrogen-bond donors (Lipinski definition) is 1. The van der Waals surface area contributed by atoms with Crippen LogP contribution in [0.2, 0.25) is 5.02 Å². The van der Waals surface area contributed by atoms with Crippen LogP contribution in [0, 0.1) is 13.8 Å². The number of ether oxygens (including phenoxy) is 1. The molecule has 0 fully saturated rings. The molecule has 0 bridgehead atoms. The van der Waals surface area contributed by atoms with Crippen molar-refractivity contribution < 1.29 is 14.3 Å². The lowest BCUT2D eigenvalue weighted by atomic mass is 10.0. The van der Waals surface area contributed by atoms with E-state index in [2.05, 4.69) is 4.98 Å². The summed E-state index contributed by atoms with van der Waals surface area (Å²) in [6.45, 7) is 6.69. The van der Waals surface area contributed by atoms with Crippen molar-refractivity contribution in [1.29, 1.82) is 0 Å². The molecule has 5 heteroatoms. The number of H-pyrrole nitrogens is 1. The molecular formula is C17H18ClNO3. The summed E-state index contributed by atoms with van der Waals surface area (Å²) in [5, 5.41) is 0.450. The summed E-state index contributed by atoms with van der Waals surface area (Å²) in [6, 6.07) is 6.99. The molecule has 1 atom stereocenters. The summed E-state index contributed by atoms with van der Waals surface area (Å²) in [6.07, 6.45) is -0.712. The number of carbonyl (C=O) groups excluding carboxylic acids is 2. The van der Waals surface area contributed by atoms with Gasteiger partial charge in [-0.3, -0.25) is 9.59 Å². The molecule has 0 unspecified atom stereocenters. The summed E-state index contributed by atoms with van der Waals surface area (Å²) in [7, 11) is 0. The topological polar surface area (TPSA) is 59.2 Å². The van der Waals surface area contributed by atoms with Gasteiger partial charge >= 0.3 is 0 Å². The summed E-state index contributed by atoms with van der Waals surface area (Å²) in [5.41, 5.74) is 2.32. The lowest BCUT2D eigenvalue weighted by Crippen LogP contribution is -2.25. The van der Waals surface area contributed by atoms with Crippen molar-refractivity contribution >= 4 is 23.2 Å². The van der Waals surface area contributed by atoms with Crippen molar-refractivity contribution in [2.24, 2.45) is 0 Å². The van der Waals surface area contributed by atoms with E-state index in [1.165, 1.54) is 6.92 Å². The fraction of sp³-hybridized carbons (Fsp3) is 0.294. The zero-order valence-electron chi connectivity index (χ0n) is 13.0. The van der Waals surface area contributed by atoms with Gasteiger partial charge in [-0.2, -0.15) is 0 Å². The van der Waals surface area contributed by atoms with E-state index < -0.39 is 6.10 Å². The number of ketones is 2. The second kappa shape index (κ2) is 6.36. The molecule has 0 saturated carbocycles. The number of hydrogen-bond acceptors (Lipinski definition) is 3. The molecule has 2 rings (SSSR count). The third-order valence-corrected chi connectivity index (χ3v) is 3.86.